The van der Waals surface area contributed by atoms with E-state index in [9.17, 15) is 9.90 Å². The summed E-state index contributed by atoms with van der Waals surface area (Å²) in [6.45, 7) is 1.97. The Hall–Kier alpha value is -3.87. The topological polar surface area (TPSA) is 59.6 Å². The molecule has 1 saturated heterocycles. The maximum atomic E-state index is 13.7. The maximum Gasteiger partial charge on any atom is 0.328 e. The third kappa shape index (κ3) is 4.05. The number of benzene rings is 4. The normalized spacial score (nSPS) is 22.3. The van der Waals surface area contributed by atoms with Crippen LogP contribution < -0.4 is 4.90 Å². The molecule has 3 unspecified atom stereocenters. The lowest BCUT2D eigenvalue weighted by Crippen LogP contribution is -2.61. The molecule has 6 heteroatoms. The van der Waals surface area contributed by atoms with Crippen LogP contribution >= 0.6 is 15.9 Å². The number of anilines is 1. The number of carboxylic acids is 1. The van der Waals surface area contributed by atoms with Gasteiger partial charge in [0.25, 0.3) is 0 Å². The van der Waals surface area contributed by atoms with Crippen LogP contribution in [-0.2, 0) is 23.4 Å². The largest absolute Gasteiger partial charge is 0.480 e. The second-order valence-electron chi connectivity index (χ2n) is 11.0. The number of fused-ring (bicyclic) bond motifs is 4. The van der Waals surface area contributed by atoms with Gasteiger partial charge in [0.2, 0.25) is 0 Å². The molecular weight excluding hydrogens is 562 g/mol. The molecule has 0 aliphatic carbocycles. The molecule has 7 rings (SSSR count). The molecule has 1 aromatic heterocycles. The molecule has 4 aromatic carbocycles. The molecule has 40 heavy (non-hydrogen) atoms. The van der Waals surface area contributed by atoms with Crippen LogP contribution in [0.25, 0.3) is 10.9 Å². The summed E-state index contributed by atoms with van der Waals surface area (Å²) >= 11 is 3.62. The summed E-state index contributed by atoms with van der Waals surface area (Å²) in [5.41, 5.74) is 5.38. The van der Waals surface area contributed by atoms with E-state index < -0.39 is 11.5 Å². The highest BCUT2D eigenvalue weighted by Gasteiger charge is 2.57. The van der Waals surface area contributed by atoms with E-state index in [1.807, 2.05) is 48.7 Å². The average Bonchev–Trinajstić information content (AvgIpc) is 3.52. The van der Waals surface area contributed by atoms with Crippen LogP contribution in [0.1, 0.15) is 34.6 Å². The van der Waals surface area contributed by atoms with Gasteiger partial charge in [-0.15, -0.1) is 0 Å². The van der Waals surface area contributed by atoms with Gasteiger partial charge in [-0.05, 0) is 47.4 Å². The molecule has 2 aliphatic rings. The zero-order valence-electron chi connectivity index (χ0n) is 22.0. The Labute approximate surface area is 242 Å². The van der Waals surface area contributed by atoms with E-state index in [1.165, 1.54) is 16.8 Å². The van der Waals surface area contributed by atoms with E-state index in [0.717, 1.165) is 33.0 Å². The van der Waals surface area contributed by atoms with Gasteiger partial charge < -0.3 is 15.0 Å². The van der Waals surface area contributed by atoms with E-state index in [-0.39, 0.29) is 12.0 Å². The SMILES string of the molecule is O=C(O)C1(c2c[nH]c3ccc(Br)cc23)CC2c3ccccc3N(Cc3ccccc3)C2CN1Cc1ccccc1. The number of piperidine rings is 1. The zero-order valence-corrected chi connectivity index (χ0v) is 23.6. The zero-order chi connectivity index (χ0) is 27.3. The van der Waals surface area contributed by atoms with Crippen LogP contribution in [0.5, 0.6) is 0 Å². The summed E-state index contributed by atoms with van der Waals surface area (Å²) in [4.78, 5) is 21.8. The summed E-state index contributed by atoms with van der Waals surface area (Å²) in [6.07, 6.45) is 2.41. The summed E-state index contributed by atoms with van der Waals surface area (Å²) in [6, 6.07) is 35.6. The Morgan fingerprint density at radius 3 is 2.30 bits per heavy atom. The number of nitrogens with one attached hydrogen (secondary N) is 1. The minimum absolute atomic E-state index is 0.0835. The van der Waals surface area contributed by atoms with Crippen molar-refractivity contribution in [2.45, 2.75) is 37.0 Å². The predicted molar refractivity (Wildman–Crippen MR) is 162 cm³/mol. The second kappa shape index (κ2) is 9.95. The first-order chi connectivity index (χ1) is 19.5. The van der Waals surface area contributed by atoms with Crippen LogP contribution in [-0.4, -0.2) is 33.5 Å². The molecule has 0 amide bonds. The molecule has 0 spiro atoms. The average molecular weight is 593 g/mol. The molecule has 0 saturated carbocycles. The third-order valence-electron chi connectivity index (χ3n) is 8.83. The van der Waals surface area contributed by atoms with Gasteiger partial charge in [-0.2, -0.15) is 0 Å². The molecular formula is C34H30BrN3O2. The Kier molecular flexibility index (Phi) is 6.25. The number of H-pyrrole nitrogens is 1. The molecule has 1 fully saturated rings. The number of aromatic amines is 1. The summed E-state index contributed by atoms with van der Waals surface area (Å²) < 4.78 is 0.935. The van der Waals surface area contributed by atoms with Crippen LogP contribution in [0.3, 0.4) is 0 Å². The number of aliphatic carboxylic acids is 1. The maximum absolute atomic E-state index is 13.7. The lowest BCUT2D eigenvalue weighted by Gasteiger charge is -2.50. The van der Waals surface area contributed by atoms with Crippen molar-refractivity contribution in [2.75, 3.05) is 11.4 Å². The fourth-order valence-corrected chi connectivity index (χ4v) is 7.37. The lowest BCUT2D eigenvalue weighted by molar-refractivity contribution is -0.157. The number of aromatic nitrogens is 1. The molecule has 2 N–H and O–H groups in total. The first kappa shape index (κ1) is 25.1. The number of rotatable bonds is 6. The minimum atomic E-state index is -1.20. The number of likely N-dealkylation sites (tertiary alicyclic amines) is 1. The fourth-order valence-electron chi connectivity index (χ4n) is 7.01. The highest BCUT2D eigenvalue weighted by atomic mass is 79.9. The van der Waals surface area contributed by atoms with Gasteiger partial charge in [0, 0.05) is 64.4 Å². The van der Waals surface area contributed by atoms with Gasteiger partial charge in [-0.25, -0.2) is 4.79 Å². The molecule has 3 atom stereocenters. The van der Waals surface area contributed by atoms with Crippen molar-refractivity contribution in [2.24, 2.45) is 0 Å². The predicted octanol–water partition coefficient (Wildman–Crippen LogP) is 7.29. The van der Waals surface area contributed by atoms with E-state index >= 15 is 0 Å². The van der Waals surface area contributed by atoms with Crippen molar-refractivity contribution in [1.82, 2.24) is 9.88 Å². The van der Waals surface area contributed by atoms with Crippen LogP contribution in [0, 0.1) is 0 Å². The fraction of sp³-hybridized carbons (Fsp3) is 0.206. The highest BCUT2D eigenvalue weighted by Crippen LogP contribution is 2.54. The molecule has 5 aromatic rings. The van der Waals surface area contributed by atoms with Crippen LogP contribution in [0.15, 0.2) is 114 Å². The summed E-state index contributed by atoms with van der Waals surface area (Å²) in [7, 11) is 0. The number of para-hydroxylation sites is 1. The van der Waals surface area contributed by atoms with Crippen LogP contribution in [0.2, 0.25) is 0 Å². The van der Waals surface area contributed by atoms with Gasteiger partial charge in [0.15, 0.2) is 0 Å². The third-order valence-corrected chi connectivity index (χ3v) is 9.32. The van der Waals surface area contributed by atoms with Gasteiger partial charge in [0.1, 0.15) is 5.54 Å². The van der Waals surface area contributed by atoms with Crippen molar-refractivity contribution in [3.05, 3.63) is 136 Å². The molecule has 200 valence electrons. The van der Waals surface area contributed by atoms with Crippen molar-refractivity contribution in [1.29, 1.82) is 0 Å². The van der Waals surface area contributed by atoms with E-state index in [4.69, 9.17) is 0 Å². The summed E-state index contributed by atoms with van der Waals surface area (Å²) in [5, 5.41) is 12.2. The quantitative estimate of drug-likeness (QED) is 0.218. The first-order valence-electron chi connectivity index (χ1n) is 13.7. The van der Waals surface area contributed by atoms with Crippen molar-refractivity contribution in [3.8, 4) is 0 Å². The minimum Gasteiger partial charge on any atom is -0.480 e. The molecule has 2 aliphatic heterocycles. The van der Waals surface area contributed by atoms with Crippen molar-refractivity contribution in [3.63, 3.8) is 0 Å². The van der Waals surface area contributed by atoms with Gasteiger partial charge in [-0.3, -0.25) is 4.90 Å². The number of carbonyl (C=O) groups is 1. The Balaban J connectivity index is 1.39. The van der Waals surface area contributed by atoms with E-state index in [1.54, 1.807) is 0 Å². The molecule has 0 radical (unpaired) electrons. The van der Waals surface area contributed by atoms with E-state index in [2.05, 4.69) is 91.4 Å². The molecule has 0 bridgehead atoms. The Morgan fingerprint density at radius 1 is 0.900 bits per heavy atom. The Bertz CT molecular complexity index is 1690. The van der Waals surface area contributed by atoms with Gasteiger partial charge in [-0.1, -0.05) is 94.8 Å². The van der Waals surface area contributed by atoms with Crippen molar-refractivity contribution < 1.29 is 9.90 Å². The number of hydrogen-bond acceptors (Lipinski definition) is 3. The highest BCUT2D eigenvalue weighted by molar-refractivity contribution is 9.10. The van der Waals surface area contributed by atoms with Gasteiger partial charge in [0.05, 0.1) is 0 Å². The summed E-state index contributed by atoms with van der Waals surface area (Å²) in [5.74, 6) is -0.720. The molecule has 3 heterocycles. The van der Waals surface area contributed by atoms with Crippen LogP contribution in [0.4, 0.5) is 5.69 Å². The van der Waals surface area contributed by atoms with Crippen molar-refractivity contribution >= 4 is 38.5 Å². The lowest BCUT2D eigenvalue weighted by atomic mass is 9.72. The number of nitrogens with zero attached hydrogens (tertiary/aromatic N) is 2. The molecule has 5 nitrogen and oxygen atoms in total. The number of carboxylic acid groups (broad SMARTS) is 1. The second-order valence-corrected chi connectivity index (χ2v) is 11.9. The monoisotopic (exact) mass is 591 g/mol. The van der Waals surface area contributed by atoms with Gasteiger partial charge >= 0.3 is 5.97 Å². The smallest absolute Gasteiger partial charge is 0.328 e. The number of halogens is 1. The standard InChI is InChI=1S/C34H30BrN3O2/c35-25-15-16-30-27(17-25)29(19-36-30)34(33(39)40)18-28-26-13-7-8-14-31(26)38(21-24-11-5-2-6-12-24)32(28)22-37(34)20-23-9-3-1-4-10-23/h1-17,19,28,32,36H,18,20-22H2,(H,39,40). The Morgan fingerprint density at radius 2 is 1.57 bits per heavy atom. The van der Waals surface area contributed by atoms with E-state index in [0.29, 0.717) is 19.5 Å². The number of hydrogen-bond donors (Lipinski definition) is 2. The first-order valence-corrected chi connectivity index (χ1v) is 14.5.